The zero-order valence-corrected chi connectivity index (χ0v) is 19.3. The highest BCUT2D eigenvalue weighted by molar-refractivity contribution is 7.80. The number of thiocarbonyl (C=S) groups is 1. The Hall–Kier alpha value is -2.73. The van der Waals surface area contributed by atoms with Crippen molar-refractivity contribution in [2.75, 3.05) is 5.32 Å². The Bertz CT molecular complexity index is 942. The molecule has 0 spiro atoms. The van der Waals surface area contributed by atoms with E-state index in [-0.39, 0.29) is 28.4 Å². The molecule has 1 aliphatic carbocycles. The molecule has 1 aliphatic rings. The number of nitrogens with one attached hydrogen (secondary N) is 3. The van der Waals surface area contributed by atoms with Crippen LogP contribution in [0.5, 0.6) is 0 Å². The van der Waals surface area contributed by atoms with Gasteiger partial charge in [0.15, 0.2) is 5.11 Å². The second-order valence-electron chi connectivity index (χ2n) is 9.09. The van der Waals surface area contributed by atoms with Gasteiger partial charge in [0.25, 0.3) is 11.8 Å². The predicted octanol–water partition coefficient (Wildman–Crippen LogP) is 5.17. The highest BCUT2D eigenvalue weighted by atomic mass is 32.1. The third kappa shape index (κ3) is 6.37. The lowest BCUT2D eigenvalue weighted by Gasteiger charge is -2.23. The summed E-state index contributed by atoms with van der Waals surface area (Å²) in [6.07, 6.45) is 5.57. The van der Waals surface area contributed by atoms with Crippen LogP contribution in [-0.2, 0) is 5.41 Å². The Morgan fingerprint density at radius 2 is 1.55 bits per heavy atom. The number of rotatable bonds is 4. The van der Waals surface area contributed by atoms with E-state index in [2.05, 4.69) is 36.7 Å². The molecular weight excluding hydrogens is 406 g/mol. The van der Waals surface area contributed by atoms with Crippen LogP contribution in [0.3, 0.4) is 0 Å². The van der Waals surface area contributed by atoms with Crippen molar-refractivity contribution in [3.63, 3.8) is 0 Å². The van der Waals surface area contributed by atoms with Crippen LogP contribution in [0, 0.1) is 0 Å². The fraction of sp³-hybridized carbons (Fsp3) is 0.400. The van der Waals surface area contributed by atoms with E-state index in [1.807, 2.05) is 24.3 Å². The van der Waals surface area contributed by atoms with Crippen LogP contribution in [0.2, 0.25) is 0 Å². The number of anilines is 1. The summed E-state index contributed by atoms with van der Waals surface area (Å²) in [5.41, 5.74) is 2.79. The van der Waals surface area contributed by atoms with Gasteiger partial charge in [-0.15, -0.1) is 0 Å². The van der Waals surface area contributed by atoms with Crippen molar-refractivity contribution in [2.24, 2.45) is 0 Å². The summed E-state index contributed by atoms with van der Waals surface area (Å²) >= 11 is 5.33. The van der Waals surface area contributed by atoms with Crippen LogP contribution in [0.1, 0.15) is 79.2 Å². The molecule has 0 bridgehead atoms. The highest BCUT2D eigenvalue weighted by Crippen LogP contribution is 2.22. The quantitative estimate of drug-likeness (QED) is 0.577. The summed E-state index contributed by atoms with van der Waals surface area (Å²) in [5, 5.41) is 8.98. The summed E-state index contributed by atoms with van der Waals surface area (Å²) in [5.74, 6) is -0.413. The molecule has 164 valence electrons. The maximum atomic E-state index is 12.8. The van der Waals surface area contributed by atoms with Gasteiger partial charge in [0.2, 0.25) is 0 Å². The molecule has 31 heavy (non-hydrogen) atoms. The first-order valence-electron chi connectivity index (χ1n) is 10.9. The van der Waals surface area contributed by atoms with Crippen molar-refractivity contribution in [1.82, 2.24) is 10.6 Å². The van der Waals surface area contributed by atoms with Crippen molar-refractivity contribution in [1.29, 1.82) is 0 Å². The van der Waals surface area contributed by atoms with E-state index >= 15 is 0 Å². The zero-order chi connectivity index (χ0) is 22.4. The van der Waals surface area contributed by atoms with Crippen molar-refractivity contribution in [3.05, 3.63) is 65.2 Å². The molecule has 1 fully saturated rings. The maximum absolute atomic E-state index is 12.8. The normalized spacial score (nSPS) is 14.5. The molecule has 6 heteroatoms. The van der Waals surface area contributed by atoms with Crippen molar-refractivity contribution < 1.29 is 9.59 Å². The van der Waals surface area contributed by atoms with Crippen LogP contribution in [-0.4, -0.2) is 23.0 Å². The molecule has 0 radical (unpaired) electrons. The minimum absolute atomic E-state index is 0.0216. The smallest absolute Gasteiger partial charge is 0.257 e. The number of para-hydroxylation sites is 1. The largest absolute Gasteiger partial charge is 0.349 e. The Balaban J connectivity index is 1.62. The van der Waals surface area contributed by atoms with Gasteiger partial charge in [-0.2, -0.15) is 0 Å². The lowest BCUT2D eigenvalue weighted by molar-refractivity contribution is 0.0927. The molecule has 0 unspecified atom stereocenters. The van der Waals surface area contributed by atoms with Gasteiger partial charge in [-0.05, 0) is 60.3 Å². The van der Waals surface area contributed by atoms with Crippen LogP contribution in [0.15, 0.2) is 48.5 Å². The maximum Gasteiger partial charge on any atom is 0.257 e. The molecule has 0 aromatic heterocycles. The monoisotopic (exact) mass is 437 g/mol. The van der Waals surface area contributed by atoms with E-state index < -0.39 is 0 Å². The molecule has 1 saturated carbocycles. The minimum Gasteiger partial charge on any atom is -0.349 e. The Morgan fingerprint density at radius 1 is 0.903 bits per heavy atom. The molecule has 2 amide bonds. The van der Waals surface area contributed by atoms with Gasteiger partial charge in [0.1, 0.15) is 0 Å². The van der Waals surface area contributed by atoms with E-state index in [1.54, 1.807) is 24.3 Å². The third-order valence-corrected chi connectivity index (χ3v) is 5.80. The van der Waals surface area contributed by atoms with E-state index in [0.717, 1.165) is 31.2 Å². The summed E-state index contributed by atoms with van der Waals surface area (Å²) in [6.45, 7) is 6.38. The summed E-state index contributed by atoms with van der Waals surface area (Å²) in [7, 11) is 0. The molecule has 3 rings (SSSR count). The van der Waals surface area contributed by atoms with Gasteiger partial charge in [0, 0.05) is 11.6 Å². The molecule has 0 aliphatic heterocycles. The van der Waals surface area contributed by atoms with E-state index in [9.17, 15) is 9.59 Å². The summed E-state index contributed by atoms with van der Waals surface area (Å²) < 4.78 is 0. The summed E-state index contributed by atoms with van der Waals surface area (Å²) in [4.78, 5) is 25.4. The Kier molecular flexibility index (Phi) is 7.44. The standard InChI is InChI=1S/C25H31N3O2S/c1-25(2,3)18-15-13-17(14-16-18)22(29)28-24(31)27-21-12-8-7-11-20(21)23(30)26-19-9-5-4-6-10-19/h7-8,11-16,19H,4-6,9-10H2,1-3H3,(H,26,30)(H2,27,28,29,31). The first-order chi connectivity index (χ1) is 14.7. The second-order valence-corrected chi connectivity index (χ2v) is 9.50. The van der Waals surface area contributed by atoms with Crippen LogP contribution in [0.4, 0.5) is 5.69 Å². The Labute approximate surface area is 190 Å². The predicted molar refractivity (Wildman–Crippen MR) is 130 cm³/mol. The number of amides is 2. The molecule has 0 saturated heterocycles. The third-order valence-electron chi connectivity index (χ3n) is 5.60. The van der Waals surface area contributed by atoms with Gasteiger partial charge < -0.3 is 10.6 Å². The molecule has 3 N–H and O–H groups in total. The summed E-state index contributed by atoms with van der Waals surface area (Å²) in [6, 6.07) is 14.9. The highest BCUT2D eigenvalue weighted by Gasteiger charge is 2.19. The Morgan fingerprint density at radius 3 is 2.19 bits per heavy atom. The second kappa shape index (κ2) is 10.1. The fourth-order valence-electron chi connectivity index (χ4n) is 3.75. The van der Waals surface area contributed by atoms with Crippen molar-refractivity contribution in [2.45, 2.75) is 64.3 Å². The molecule has 5 nitrogen and oxygen atoms in total. The molecule has 2 aromatic carbocycles. The number of benzene rings is 2. The molecule has 0 heterocycles. The van der Waals surface area contributed by atoms with Crippen LogP contribution < -0.4 is 16.0 Å². The van der Waals surface area contributed by atoms with Crippen molar-refractivity contribution in [3.8, 4) is 0 Å². The van der Waals surface area contributed by atoms with E-state index in [4.69, 9.17) is 12.2 Å². The average molecular weight is 438 g/mol. The van der Waals surface area contributed by atoms with Gasteiger partial charge in [-0.3, -0.25) is 14.9 Å². The SMILES string of the molecule is CC(C)(C)c1ccc(C(=O)NC(=S)Nc2ccccc2C(=O)NC2CCCCC2)cc1. The van der Waals surface area contributed by atoms with Gasteiger partial charge in [-0.1, -0.05) is 64.3 Å². The van der Waals surface area contributed by atoms with Gasteiger partial charge in [0.05, 0.1) is 11.3 Å². The van der Waals surface area contributed by atoms with Gasteiger partial charge >= 0.3 is 0 Å². The molecule has 2 aromatic rings. The number of hydrogen-bond acceptors (Lipinski definition) is 3. The minimum atomic E-state index is -0.290. The number of hydrogen-bond donors (Lipinski definition) is 3. The topological polar surface area (TPSA) is 70.2 Å². The van der Waals surface area contributed by atoms with Gasteiger partial charge in [-0.25, -0.2) is 0 Å². The average Bonchev–Trinajstić information content (AvgIpc) is 2.74. The molecular formula is C25H31N3O2S. The van der Waals surface area contributed by atoms with E-state index in [1.165, 1.54) is 6.42 Å². The van der Waals surface area contributed by atoms with Crippen LogP contribution >= 0.6 is 12.2 Å². The first-order valence-corrected chi connectivity index (χ1v) is 11.3. The number of carbonyl (C=O) groups is 2. The van der Waals surface area contributed by atoms with Crippen molar-refractivity contribution >= 4 is 34.8 Å². The molecule has 0 atom stereocenters. The first kappa shape index (κ1) is 22.9. The fourth-order valence-corrected chi connectivity index (χ4v) is 3.95. The van der Waals surface area contributed by atoms with Crippen LogP contribution in [0.25, 0.3) is 0 Å². The number of carbonyl (C=O) groups excluding carboxylic acids is 2. The van der Waals surface area contributed by atoms with E-state index in [0.29, 0.717) is 16.8 Å². The zero-order valence-electron chi connectivity index (χ0n) is 18.5. The lowest BCUT2D eigenvalue weighted by Crippen LogP contribution is -2.37. The lowest BCUT2D eigenvalue weighted by atomic mass is 9.87.